The quantitative estimate of drug-likeness (QED) is 0.409. The molecule has 2 heterocycles. The SMILES string of the molecule is CN(C)c1cccc(C(=O)N2CCC(Nc3cc(-c4cccc(C#N)c4)cc4ccncc34)CC2)c1. The molecule has 3 aromatic carbocycles. The Bertz CT molecular complexity index is 1450. The monoisotopic (exact) mass is 475 g/mol. The van der Waals surface area contributed by atoms with Gasteiger partial charge in [-0.05, 0) is 77.9 Å². The van der Waals surface area contributed by atoms with E-state index in [9.17, 15) is 10.1 Å². The van der Waals surface area contributed by atoms with Crippen LogP contribution in [0.1, 0.15) is 28.8 Å². The molecule has 0 radical (unpaired) electrons. The third-order valence-electron chi connectivity index (χ3n) is 6.83. The van der Waals surface area contributed by atoms with Gasteiger partial charge in [0.25, 0.3) is 5.91 Å². The fourth-order valence-corrected chi connectivity index (χ4v) is 4.80. The number of nitrogens with one attached hydrogen (secondary N) is 1. The van der Waals surface area contributed by atoms with Crippen LogP contribution in [0.4, 0.5) is 11.4 Å². The van der Waals surface area contributed by atoms with Gasteiger partial charge in [-0.3, -0.25) is 9.78 Å². The number of benzene rings is 3. The molecule has 0 aliphatic carbocycles. The zero-order chi connectivity index (χ0) is 25.1. The Kier molecular flexibility index (Phi) is 6.55. The number of pyridine rings is 1. The summed E-state index contributed by atoms with van der Waals surface area (Å²) in [6.07, 6.45) is 5.44. The van der Waals surface area contributed by atoms with Gasteiger partial charge in [0.2, 0.25) is 0 Å². The molecule has 0 saturated carbocycles. The number of aromatic nitrogens is 1. The Hall–Kier alpha value is -4.37. The number of rotatable bonds is 5. The van der Waals surface area contributed by atoms with Crippen LogP contribution in [0.5, 0.6) is 0 Å². The molecule has 36 heavy (non-hydrogen) atoms. The lowest BCUT2D eigenvalue weighted by Gasteiger charge is -2.33. The molecule has 0 bridgehead atoms. The van der Waals surface area contributed by atoms with E-state index in [1.807, 2.05) is 84.7 Å². The minimum absolute atomic E-state index is 0.0890. The van der Waals surface area contributed by atoms with E-state index < -0.39 is 0 Å². The summed E-state index contributed by atoms with van der Waals surface area (Å²) in [5, 5.41) is 15.2. The van der Waals surface area contributed by atoms with E-state index >= 15 is 0 Å². The number of likely N-dealkylation sites (tertiary alicyclic amines) is 1. The molecule has 1 fully saturated rings. The van der Waals surface area contributed by atoms with Gasteiger partial charge in [0.15, 0.2) is 0 Å². The molecule has 5 rings (SSSR count). The number of amides is 1. The van der Waals surface area contributed by atoms with E-state index in [4.69, 9.17) is 0 Å². The van der Waals surface area contributed by atoms with Crippen molar-refractivity contribution in [2.75, 3.05) is 37.4 Å². The van der Waals surface area contributed by atoms with Gasteiger partial charge in [-0.25, -0.2) is 0 Å². The molecule has 1 aliphatic heterocycles. The fourth-order valence-electron chi connectivity index (χ4n) is 4.80. The summed E-state index contributed by atoms with van der Waals surface area (Å²) < 4.78 is 0. The summed E-state index contributed by atoms with van der Waals surface area (Å²) in [6.45, 7) is 1.42. The first-order valence-corrected chi connectivity index (χ1v) is 12.2. The first-order chi connectivity index (χ1) is 17.5. The van der Waals surface area contributed by atoms with E-state index in [2.05, 4.69) is 28.5 Å². The maximum absolute atomic E-state index is 13.1. The molecule has 1 amide bonds. The molecule has 6 heteroatoms. The summed E-state index contributed by atoms with van der Waals surface area (Å²) in [5.74, 6) is 0.0890. The molecule has 0 unspecified atom stereocenters. The van der Waals surface area contributed by atoms with Gasteiger partial charge in [0.1, 0.15) is 0 Å². The molecule has 180 valence electrons. The van der Waals surface area contributed by atoms with Gasteiger partial charge in [0.05, 0.1) is 11.6 Å². The predicted octanol–water partition coefficient (Wildman–Crippen LogP) is 5.56. The second-order valence-electron chi connectivity index (χ2n) is 9.47. The van der Waals surface area contributed by atoms with Gasteiger partial charge < -0.3 is 15.1 Å². The summed E-state index contributed by atoms with van der Waals surface area (Å²) in [5.41, 5.74) is 5.50. The molecular formula is C30H29N5O. The maximum atomic E-state index is 13.1. The van der Waals surface area contributed by atoms with Crippen molar-refractivity contribution in [3.8, 4) is 17.2 Å². The minimum Gasteiger partial charge on any atom is -0.382 e. The fraction of sp³-hybridized carbons (Fsp3) is 0.233. The van der Waals surface area contributed by atoms with Crippen molar-refractivity contribution in [1.29, 1.82) is 5.26 Å². The number of anilines is 2. The maximum Gasteiger partial charge on any atom is 0.253 e. The second kappa shape index (κ2) is 10.1. The molecule has 1 N–H and O–H groups in total. The number of nitriles is 1. The second-order valence-corrected chi connectivity index (χ2v) is 9.47. The highest BCUT2D eigenvalue weighted by Gasteiger charge is 2.24. The van der Waals surface area contributed by atoms with Crippen molar-refractivity contribution in [2.24, 2.45) is 0 Å². The normalized spacial score (nSPS) is 13.9. The Morgan fingerprint density at radius 3 is 2.61 bits per heavy atom. The van der Waals surface area contributed by atoms with Crippen LogP contribution >= 0.6 is 0 Å². The van der Waals surface area contributed by atoms with E-state index in [1.165, 1.54) is 0 Å². The molecule has 0 spiro atoms. The average molecular weight is 476 g/mol. The Morgan fingerprint density at radius 1 is 1.03 bits per heavy atom. The van der Waals surface area contributed by atoms with Gasteiger partial charge in [0, 0.05) is 67.9 Å². The van der Waals surface area contributed by atoms with Gasteiger partial charge >= 0.3 is 0 Å². The number of nitrogens with zero attached hydrogens (tertiary/aromatic N) is 4. The summed E-state index contributed by atoms with van der Waals surface area (Å²) in [7, 11) is 3.96. The Morgan fingerprint density at radius 2 is 1.83 bits per heavy atom. The number of hydrogen-bond acceptors (Lipinski definition) is 5. The van der Waals surface area contributed by atoms with Crippen LogP contribution in [0.2, 0.25) is 0 Å². The number of hydrogen-bond donors (Lipinski definition) is 1. The molecule has 1 aliphatic rings. The third-order valence-corrected chi connectivity index (χ3v) is 6.83. The third kappa shape index (κ3) is 4.87. The van der Waals surface area contributed by atoms with Crippen molar-refractivity contribution in [1.82, 2.24) is 9.88 Å². The number of fused-ring (bicyclic) bond motifs is 1. The van der Waals surface area contributed by atoms with E-state index in [0.29, 0.717) is 18.7 Å². The summed E-state index contributed by atoms with van der Waals surface area (Å²) >= 11 is 0. The lowest BCUT2D eigenvalue weighted by Crippen LogP contribution is -2.42. The van der Waals surface area contributed by atoms with Gasteiger partial charge in [-0.2, -0.15) is 5.26 Å². The van der Waals surface area contributed by atoms with E-state index in [0.717, 1.165) is 51.7 Å². The molecule has 6 nitrogen and oxygen atoms in total. The number of carbonyl (C=O) groups is 1. The average Bonchev–Trinajstić information content (AvgIpc) is 2.93. The molecule has 1 aromatic heterocycles. The summed E-state index contributed by atoms with van der Waals surface area (Å²) in [6, 6.07) is 24.3. The minimum atomic E-state index is 0.0890. The highest BCUT2D eigenvalue weighted by atomic mass is 16.2. The van der Waals surface area contributed by atoms with Crippen molar-refractivity contribution >= 4 is 28.1 Å². The first kappa shape index (κ1) is 23.4. The largest absolute Gasteiger partial charge is 0.382 e. The highest BCUT2D eigenvalue weighted by molar-refractivity contribution is 5.97. The molecule has 0 atom stereocenters. The Balaban J connectivity index is 1.33. The standard InChI is InChI=1S/C30H29N5O/c1-34(2)27-8-4-7-24(17-27)30(36)35-13-10-26(11-14-35)33-29-18-25(16-23-9-12-32-20-28(23)29)22-6-3-5-21(15-22)19-31/h3-9,12,15-18,20,26,33H,10-11,13-14H2,1-2H3. The van der Waals surface area contributed by atoms with Crippen LogP contribution in [-0.2, 0) is 0 Å². The van der Waals surface area contributed by atoms with Crippen molar-refractivity contribution < 1.29 is 4.79 Å². The van der Waals surface area contributed by atoms with Crippen LogP contribution in [-0.4, -0.2) is 49.0 Å². The number of piperidine rings is 1. The van der Waals surface area contributed by atoms with Gasteiger partial charge in [-0.1, -0.05) is 18.2 Å². The van der Waals surface area contributed by atoms with Crippen molar-refractivity contribution in [3.05, 3.63) is 90.3 Å². The van der Waals surface area contributed by atoms with Crippen LogP contribution < -0.4 is 10.2 Å². The van der Waals surface area contributed by atoms with E-state index in [1.54, 1.807) is 6.20 Å². The summed E-state index contributed by atoms with van der Waals surface area (Å²) in [4.78, 5) is 21.4. The first-order valence-electron chi connectivity index (χ1n) is 12.2. The topological polar surface area (TPSA) is 72.3 Å². The van der Waals surface area contributed by atoms with Crippen molar-refractivity contribution in [3.63, 3.8) is 0 Å². The van der Waals surface area contributed by atoms with E-state index in [-0.39, 0.29) is 11.9 Å². The van der Waals surface area contributed by atoms with Crippen LogP contribution in [0.15, 0.2) is 79.1 Å². The van der Waals surface area contributed by atoms with Crippen LogP contribution in [0, 0.1) is 11.3 Å². The van der Waals surface area contributed by atoms with Crippen LogP contribution in [0.3, 0.4) is 0 Å². The lowest BCUT2D eigenvalue weighted by molar-refractivity contribution is 0.0718. The van der Waals surface area contributed by atoms with Crippen molar-refractivity contribution in [2.45, 2.75) is 18.9 Å². The predicted molar refractivity (Wildman–Crippen MR) is 145 cm³/mol. The number of carbonyl (C=O) groups excluding carboxylic acids is 1. The molecule has 4 aromatic rings. The molecule has 1 saturated heterocycles. The zero-order valence-corrected chi connectivity index (χ0v) is 20.6. The zero-order valence-electron chi connectivity index (χ0n) is 20.6. The Labute approximate surface area is 211 Å². The van der Waals surface area contributed by atoms with Crippen LogP contribution in [0.25, 0.3) is 21.9 Å². The van der Waals surface area contributed by atoms with Gasteiger partial charge in [-0.15, -0.1) is 0 Å². The highest BCUT2D eigenvalue weighted by Crippen LogP contribution is 2.32. The lowest BCUT2D eigenvalue weighted by atomic mass is 9.98. The smallest absolute Gasteiger partial charge is 0.253 e. The molecular weight excluding hydrogens is 446 g/mol.